The average Bonchev–Trinajstić information content (AvgIpc) is 3.35. The van der Waals surface area contributed by atoms with E-state index in [4.69, 9.17) is 23.2 Å². The van der Waals surface area contributed by atoms with Crippen molar-refractivity contribution in [2.45, 2.75) is 59.4 Å². The highest BCUT2D eigenvalue weighted by Crippen LogP contribution is 2.31. The summed E-state index contributed by atoms with van der Waals surface area (Å²) in [5.74, 6) is 0.798. The first-order valence-electron chi connectivity index (χ1n) is 12.9. The summed E-state index contributed by atoms with van der Waals surface area (Å²) in [6.07, 6.45) is 4.10. The molecule has 6 nitrogen and oxygen atoms in total. The minimum absolute atomic E-state index is 0.0844. The number of thiophene rings is 1. The summed E-state index contributed by atoms with van der Waals surface area (Å²) >= 11 is 7.74. The number of likely N-dealkylation sites (tertiary alicyclic amines) is 1. The first kappa shape index (κ1) is 28.3. The van der Waals surface area contributed by atoms with Gasteiger partial charge in [0.2, 0.25) is 0 Å². The summed E-state index contributed by atoms with van der Waals surface area (Å²) in [7, 11) is 0. The van der Waals surface area contributed by atoms with Crippen molar-refractivity contribution >= 4 is 34.6 Å². The smallest absolute Gasteiger partial charge is 0.253 e. The number of pyridine rings is 1. The number of piperidine rings is 1. The van der Waals surface area contributed by atoms with Crippen molar-refractivity contribution in [3.8, 4) is 0 Å². The SMILES string of the molecule is [C-]#[N+]CC(=NCC)C(Cc1ccsc1)C1CCN([C@H](C)CCNC(=O)c2c(C)cc(Cl)nc2C)CC1. The Morgan fingerprint density at radius 1 is 1.39 bits per heavy atom. The first-order valence-corrected chi connectivity index (χ1v) is 14.2. The summed E-state index contributed by atoms with van der Waals surface area (Å²) in [5, 5.41) is 7.85. The fourth-order valence-corrected chi connectivity index (χ4v) is 6.32. The molecule has 0 bridgehead atoms. The zero-order chi connectivity index (χ0) is 26.1. The van der Waals surface area contributed by atoms with Crippen LogP contribution in [0.25, 0.3) is 4.85 Å². The number of hydrogen-bond acceptors (Lipinski definition) is 5. The molecule has 2 atom stereocenters. The van der Waals surface area contributed by atoms with Crippen molar-refractivity contribution in [3.05, 3.63) is 61.8 Å². The van der Waals surface area contributed by atoms with Crippen molar-refractivity contribution < 1.29 is 4.79 Å². The molecule has 1 fully saturated rings. The summed E-state index contributed by atoms with van der Waals surface area (Å²) in [6.45, 7) is 19.3. The van der Waals surface area contributed by atoms with Gasteiger partial charge in [-0.1, -0.05) is 11.6 Å². The molecule has 0 spiro atoms. The zero-order valence-electron chi connectivity index (χ0n) is 21.9. The molecule has 0 saturated carbocycles. The Bertz CT molecular complexity index is 1050. The number of carbonyl (C=O) groups excluding carboxylic acids is 1. The van der Waals surface area contributed by atoms with E-state index in [9.17, 15) is 4.79 Å². The highest BCUT2D eigenvalue weighted by Gasteiger charge is 2.32. The van der Waals surface area contributed by atoms with Crippen LogP contribution in [-0.4, -0.2) is 60.3 Å². The summed E-state index contributed by atoms with van der Waals surface area (Å²) in [6, 6.07) is 4.32. The van der Waals surface area contributed by atoms with Gasteiger partial charge >= 0.3 is 0 Å². The molecule has 1 N–H and O–H groups in total. The second-order valence-corrected chi connectivity index (χ2v) is 10.9. The number of hydrogen-bond donors (Lipinski definition) is 1. The van der Waals surface area contributed by atoms with Gasteiger partial charge in [-0.25, -0.2) is 11.6 Å². The van der Waals surface area contributed by atoms with Crippen LogP contribution in [0.3, 0.4) is 0 Å². The summed E-state index contributed by atoms with van der Waals surface area (Å²) < 4.78 is 0. The van der Waals surface area contributed by atoms with Gasteiger partial charge in [0.05, 0.1) is 17.0 Å². The molecular weight excluding hydrogens is 490 g/mol. The molecule has 2 aromatic heterocycles. The molecule has 3 rings (SSSR count). The van der Waals surface area contributed by atoms with Crippen LogP contribution in [0.15, 0.2) is 27.9 Å². The van der Waals surface area contributed by atoms with Crippen LogP contribution < -0.4 is 5.32 Å². The van der Waals surface area contributed by atoms with Crippen LogP contribution in [0.4, 0.5) is 0 Å². The highest BCUT2D eigenvalue weighted by molar-refractivity contribution is 7.07. The van der Waals surface area contributed by atoms with E-state index in [1.807, 2.05) is 13.8 Å². The molecule has 1 unspecified atom stereocenters. The van der Waals surface area contributed by atoms with Crippen LogP contribution in [0.2, 0.25) is 5.15 Å². The number of aromatic nitrogens is 1. The molecule has 2 aromatic rings. The Morgan fingerprint density at radius 3 is 2.75 bits per heavy atom. The third-order valence-electron chi connectivity index (χ3n) is 7.27. The Morgan fingerprint density at radius 2 is 2.14 bits per heavy atom. The minimum Gasteiger partial charge on any atom is -0.352 e. The Labute approximate surface area is 225 Å². The molecule has 8 heteroatoms. The normalized spacial score (nSPS) is 16.9. The number of carbonyl (C=O) groups is 1. The van der Waals surface area contributed by atoms with Crippen molar-refractivity contribution in [2.75, 3.05) is 32.7 Å². The topological polar surface area (TPSA) is 62.0 Å². The molecule has 194 valence electrons. The molecule has 1 aliphatic rings. The fourth-order valence-electron chi connectivity index (χ4n) is 5.34. The van der Waals surface area contributed by atoms with Gasteiger partial charge in [-0.2, -0.15) is 11.3 Å². The van der Waals surface area contributed by atoms with Gasteiger partial charge in [-0.3, -0.25) is 9.79 Å². The van der Waals surface area contributed by atoms with E-state index in [0.29, 0.717) is 47.4 Å². The van der Waals surface area contributed by atoms with E-state index in [1.54, 1.807) is 17.4 Å². The van der Waals surface area contributed by atoms with Gasteiger partial charge in [0, 0.05) is 25.0 Å². The number of aryl methyl sites for hydroxylation is 2. The summed E-state index contributed by atoms with van der Waals surface area (Å²) in [4.78, 5) is 28.0. The zero-order valence-corrected chi connectivity index (χ0v) is 23.5. The van der Waals surface area contributed by atoms with Crippen molar-refractivity contribution in [3.63, 3.8) is 0 Å². The Hall–Kier alpha value is -2.27. The Balaban J connectivity index is 1.53. The molecule has 0 radical (unpaired) electrons. The largest absolute Gasteiger partial charge is 0.352 e. The molecule has 1 amide bonds. The minimum atomic E-state index is -0.0844. The van der Waals surface area contributed by atoms with E-state index < -0.39 is 0 Å². The number of nitrogens with one attached hydrogen (secondary N) is 1. The molecule has 1 saturated heterocycles. The number of amides is 1. The first-order chi connectivity index (χ1) is 17.3. The number of halogens is 1. The standard InChI is InChI=1S/C28H38ClN5OS/c1-6-31-25(17-30-5)24(16-22-10-14-36-18-22)23-8-12-34(13-9-23)20(3)7-11-32-28(35)27-19(2)15-26(29)33-21(27)4/h10,14-15,18,20,23-24H,6-9,11-13,16-17H2,1-4H3,(H,32,35)/t20-,24?/m1/s1. The Kier molecular flexibility index (Phi) is 10.9. The van der Waals surface area contributed by atoms with Gasteiger partial charge < -0.3 is 15.1 Å². The maximum atomic E-state index is 12.7. The lowest BCUT2D eigenvalue weighted by molar-refractivity contribution is 0.0937. The monoisotopic (exact) mass is 527 g/mol. The molecular formula is C28H38ClN5OS. The molecule has 36 heavy (non-hydrogen) atoms. The molecule has 0 aromatic carbocycles. The molecule has 3 heterocycles. The fraction of sp³-hybridized carbons (Fsp3) is 0.571. The number of aliphatic imine (C=N–C) groups is 1. The van der Waals surface area contributed by atoms with E-state index in [2.05, 4.69) is 50.7 Å². The van der Waals surface area contributed by atoms with E-state index in [-0.39, 0.29) is 5.91 Å². The predicted molar refractivity (Wildman–Crippen MR) is 150 cm³/mol. The maximum Gasteiger partial charge on any atom is 0.253 e. The van der Waals surface area contributed by atoms with E-state index in [1.165, 1.54) is 5.56 Å². The number of rotatable bonds is 11. The lowest BCUT2D eigenvalue weighted by atomic mass is 9.78. The van der Waals surface area contributed by atoms with Crippen LogP contribution in [0.1, 0.15) is 60.3 Å². The third kappa shape index (κ3) is 7.61. The van der Waals surface area contributed by atoms with Gasteiger partial charge in [-0.05, 0) is 106 Å². The maximum absolute atomic E-state index is 12.7. The molecule has 1 aliphatic heterocycles. The van der Waals surface area contributed by atoms with E-state index >= 15 is 0 Å². The van der Waals surface area contributed by atoms with Gasteiger partial charge in [0.1, 0.15) is 5.15 Å². The highest BCUT2D eigenvalue weighted by atomic mass is 35.5. The third-order valence-corrected chi connectivity index (χ3v) is 8.20. The molecule has 0 aliphatic carbocycles. The van der Waals surface area contributed by atoms with Crippen LogP contribution in [0, 0.1) is 32.3 Å². The van der Waals surface area contributed by atoms with Crippen LogP contribution in [-0.2, 0) is 6.42 Å². The predicted octanol–water partition coefficient (Wildman–Crippen LogP) is 5.87. The second-order valence-electron chi connectivity index (χ2n) is 9.71. The van der Waals surface area contributed by atoms with Crippen molar-refractivity contribution in [1.82, 2.24) is 15.2 Å². The number of nitrogens with zero attached hydrogens (tertiary/aromatic N) is 4. The lowest BCUT2D eigenvalue weighted by Crippen LogP contribution is -2.44. The van der Waals surface area contributed by atoms with Crippen LogP contribution >= 0.6 is 22.9 Å². The second kappa shape index (κ2) is 13.9. The van der Waals surface area contributed by atoms with Crippen LogP contribution in [0.5, 0.6) is 0 Å². The average molecular weight is 528 g/mol. The summed E-state index contributed by atoms with van der Waals surface area (Å²) in [5.41, 5.74) is 4.56. The van der Waals surface area contributed by atoms with Crippen molar-refractivity contribution in [1.29, 1.82) is 0 Å². The van der Waals surface area contributed by atoms with Gasteiger partial charge in [0.15, 0.2) is 0 Å². The van der Waals surface area contributed by atoms with Crippen molar-refractivity contribution in [2.24, 2.45) is 16.8 Å². The van der Waals surface area contributed by atoms with Gasteiger partial charge in [-0.15, -0.1) is 0 Å². The quantitative estimate of drug-likeness (QED) is 0.226. The lowest BCUT2D eigenvalue weighted by Gasteiger charge is -2.39. The van der Waals surface area contributed by atoms with E-state index in [0.717, 1.165) is 56.6 Å². The van der Waals surface area contributed by atoms with Gasteiger partial charge in [0.25, 0.3) is 12.5 Å².